The minimum atomic E-state index is -0.0761. The molecule has 0 aliphatic heterocycles. The van der Waals surface area contributed by atoms with Crippen LogP contribution in [-0.2, 0) is 9.53 Å². The van der Waals surface area contributed by atoms with E-state index in [1.807, 2.05) is 68.4 Å². The number of nitrogens with one attached hydrogen (secondary N) is 2. The van der Waals surface area contributed by atoms with Crippen LogP contribution >= 0.6 is 0 Å². The van der Waals surface area contributed by atoms with Gasteiger partial charge in [0.25, 0.3) is 0 Å². The maximum atomic E-state index is 12.1. The van der Waals surface area contributed by atoms with Crippen LogP contribution in [0.25, 0.3) is 0 Å². The van der Waals surface area contributed by atoms with Gasteiger partial charge in [-0.3, -0.25) is 4.79 Å². The van der Waals surface area contributed by atoms with Crippen LogP contribution in [0.2, 0.25) is 0 Å². The minimum Gasteiger partial charge on any atom is -0.491 e. The summed E-state index contributed by atoms with van der Waals surface area (Å²) in [6.45, 7) is 6.01. The van der Waals surface area contributed by atoms with Crippen molar-refractivity contribution < 1.29 is 14.3 Å². The summed E-state index contributed by atoms with van der Waals surface area (Å²) in [5.41, 5.74) is 1.90. The van der Waals surface area contributed by atoms with E-state index in [9.17, 15) is 4.79 Å². The Balaban J connectivity index is 1.73. The standard InChI is InChI=1S/C20H26N2O3/c1-3-24-13-14-25-19-11-9-18(10-12-19)22-20(23)15-21-16(2)17-7-5-4-6-8-17/h4-12,16,21H,3,13-15H2,1-2H3,(H,22,23). The van der Waals surface area contributed by atoms with E-state index in [1.54, 1.807) is 0 Å². The van der Waals surface area contributed by atoms with Crippen molar-refractivity contribution in [3.63, 3.8) is 0 Å². The Bertz CT molecular complexity index is 629. The molecule has 0 fully saturated rings. The average molecular weight is 342 g/mol. The molecule has 25 heavy (non-hydrogen) atoms. The van der Waals surface area contributed by atoms with Crippen molar-refractivity contribution in [3.05, 3.63) is 60.2 Å². The highest BCUT2D eigenvalue weighted by molar-refractivity contribution is 5.92. The Labute approximate surface area is 149 Å². The first-order valence-electron chi connectivity index (χ1n) is 8.58. The van der Waals surface area contributed by atoms with Gasteiger partial charge in [0.15, 0.2) is 0 Å². The Kier molecular flexibility index (Phi) is 7.95. The molecule has 1 unspecified atom stereocenters. The predicted molar refractivity (Wildman–Crippen MR) is 99.9 cm³/mol. The third kappa shape index (κ3) is 6.95. The molecule has 134 valence electrons. The summed E-state index contributed by atoms with van der Waals surface area (Å²) in [7, 11) is 0. The van der Waals surface area contributed by atoms with Gasteiger partial charge in [0.1, 0.15) is 12.4 Å². The lowest BCUT2D eigenvalue weighted by atomic mass is 10.1. The molecule has 0 spiro atoms. The zero-order chi connectivity index (χ0) is 17.9. The van der Waals surface area contributed by atoms with Crippen LogP contribution in [0.1, 0.15) is 25.5 Å². The lowest BCUT2D eigenvalue weighted by molar-refractivity contribution is -0.115. The molecule has 2 aromatic carbocycles. The SMILES string of the molecule is CCOCCOc1ccc(NC(=O)CNC(C)c2ccccc2)cc1. The molecule has 0 aromatic heterocycles. The van der Waals surface area contributed by atoms with Crippen molar-refractivity contribution in [1.82, 2.24) is 5.32 Å². The molecule has 5 nitrogen and oxygen atoms in total. The van der Waals surface area contributed by atoms with Gasteiger partial charge in [-0.25, -0.2) is 0 Å². The van der Waals surface area contributed by atoms with Gasteiger partial charge in [0, 0.05) is 18.3 Å². The number of amides is 1. The zero-order valence-electron chi connectivity index (χ0n) is 14.8. The topological polar surface area (TPSA) is 59.6 Å². The van der Waals surface area contributed by atoms with Crippen LogP contribution in [0.15, 0.2) is 54.6 Å². The van der Waals surface area contributed by atoms with Crippen molar-refractivity contribution in [3.8, 4) is 5.75 Å². The highest BCUT2D eigenvalue weighted by Gasteiger charge is 2.07. The maximum absolute atomic E-state index is 12.1. The third-order valence-electron chi connectivity index (χ3n) is 3.71. The molecule has 0 aliphatic carbocycles. The molecule has 0 radical (unpaired) electrons. The Morgan fingerprint density at radius 2 is 1.76 bits per heavy atom. The largest absolute Gasteiger partial charge is 0.491 e. The first-order chi connectivity index (χ1) is 12.2. The van der Waals surface area contributed by atoms with Crippen LogP contribution in [0, 0.1) is 0 Å². The van der Waals surface area contributed by atoms with Crippen molar-refractivity contribution in [2.75, 3.05) is 31.7 Å². The Hall–Kier alpha value is -2.37. The Morgan fingerprint density at radius 1 is 1.04 bits per heavy atom. The number of ether oxygens (including phenoxy) is 2. The van der Waals surface area contributed by atoms with Crippen LogP contribution in [0.5, 0.6) is 5.75 Å². The first kappa shape index (κ1) is 19.0. The van der Waals surface area contributed by atoms with Crippen molar-refractivity contribution in [2.45, 2.75) is 19.9 Å². The molecule has 2 N–H and O–H groups in total. The summed E-state index contributed by atoms with van der Waals surface area (Å²) in [4.78, 5) is 12.1. The van der Waals surface area contributed by atoms with E-state index < -0.39 is 0 Å². The highest BCUT2D eigenvalue weighted by atomic mass is 16.5. The van der Waals surface area contributed by atoms with Crippen molar-refractivity contribution >= 4 is 11.6 Å². The molecule has 0 bridgehead atoms. The second-order valence-corrected chi connectivity index (χ2v) is 5.63. The number of carbonyl (C=O) groups is 1. The van der Waals surface area contributed by atoms with E-state index in [4.69, 9.17) is 9.47 Å². The number of anilines is 1. The third-order valence-corrected chi connectivity index (χ3v) is 3.71. The molecule has 2 rings (SSSR count). The van der Waals surface area contributed by atoms with Gasteiger partial charge in [-0.1, -0.05) is 30.3 Å². The van der Waals surface area contributed by atoms with Crippen LogP contribution in [0.4, 0.5) is 5.69 Å². The molecule has 0 heterocycles. The van der Waals surface area contributed by atoms with E-state index in [-0.39, 0.29) is 18.5 Å². The monoisotopic (exact) mass is 342 g/mol. The summed E-state index contributed by atoms with van der Waals surface area (Å²) >= 11 is 0. The number of hydrogen-bond acceptors (Lipinski definition) is 4. The first-order valence-corrected chi connectivity index (χ1v) is 8.58. The maximum Gasteiger partial charge on any atom is 0.238 e. The highest BCUT2D eigenvalue weighted by Crippen LogP contribution is 2.16. The zero-order valence-corrected chi connectivity index (χ0v) is 14.8. The summed E-state index contributed by atoms with van der Waals surface area (Å²) < 4.78 is 10.8. The summed E-state index contributed by atoms with van der Waals surface area (Å²) in [6, 6.07) is 17.5. The minimum absolute atomic E-state index is 0.0761. The summed E-state index contributed by atoms with van der Waals surface area (Å²) in [6.07, 6.45) is 0. The van der Waals surface area contributed by atoms with Gasteiger partial charge >= 0.3 is 0 Å². The smallest absolute Gasteiger partial charge is 0.238 e. The van der Waals surface area contributed by atoms with Gasteiger partial charge in [0.05, 0.1) is 13.2 Å². The van der Waals surface area contributed by atoms with Gasteiger partial charge < -0.3 is 20.1 Å². The molecule has 1 amide bonds. The number of rotatable bonds is 10. The molecule has 2 aromatic rings. The number of benzene rings is 2. The van der Waals surface area contributed by atoms with Gasteiger partial charge in [-0.2, -0.15) is 0 Å². The second kappa shape index (κ2) is 10.5. The molecular weight excluding hydrogens is 316 g/mol. The predicted octanol–water partition coefficient (Wildman–Crippen LogP) is 3.39. The fourth-order valence-electron chi connectivity index (χ4n) is 2.31. The quantitative estimate of drug-likeness (QED) is 0.650. The molecule has 5 heteroatoms. The lowest BCUT2D eigenvalue weighted by Crippen LogP contribution is -2.30. The molecule has 0 saturated carbocycles. The van der Waals surface area contributed by atoms with Gasteiger partial charge in [-0.05, 0) is 43.7 Å². The van der Waals surface area contributed by atoms with E-state index in [0.717, 1.165) is 17.0 Å². The van der Waals surface area contributed by atoms with Crippen LogP contribution in [0.3, 0.4) is 0 Å². The summed E-state index contributed by atoms with van der Waals surface area (Å²) in [5, 5.41) is 6.09. The Morgan fingerprint density at radius 3 is 2.44 bits per heavy atom. The van der Waals surface area contributed by atoms with E-state index in [1.165, 1.54) is 0 Å². The number of carbonyl (C=O) groups excluding carboxylic acids is 1. The summed E-state index contributed by atoms with van der Waals surface area (Å²) in [5.74, 6) is 0.682. The van der Waals surface area contributed by atoms with Gasteiger partial charge in [-0.15, -0.1) is 0 Å². The van der Waals surface area contributed by atoms with Crippen molar-refractivity contribution in [2.24, 2.45) is 0 Å². The van der Waals surface area contributed by atoms with Crippen molar-refractivity contribution in [1.29, 1.82) is 0 Å². The van der Waals surface area contributed by atoms with E-state index in [0.29, 0.717) is 19.8 Å². The second-order valence-electron chi connectivity index (χ2n) is 5.63. The number of hydrogen-bond donors (Lipinski definition) is 2. The normalized spacial score (nSPS) is 11.8. The molecule has 0 saturated heterocycles. The van der Waals surface area contributed by atoms with E-state index in [2.05, 4.69) is 10.6 Å². The van der Waals surface area contributed by atoms with E-state index >= 15 is 0 Å². The lowest BCUT2D eigenvalue weighted by Gasteiger charge is -2.14. The van der Waals surface area contributed by atoms with Gasteiger partial charge in [0.2, 0.25) is 5.91 Å². The van der Waals surface area contributed by atoms with Crippen LogP contribution in [-0.4, -0.2) is 32.3 Å². The molecule has 1 atom stereocenters. The molecule has 0 aliphatic rings. The molecular formula is C20H26N2O3. The fraction of sp³-hybridized carbons (Fsp3) is 0.350. The fourth-order valence-corrected chi connectivity index (χ4v) is 2.31. The average Bonchev–Trinajstić information content (AvgIpc) is 2.65. The van der Waals surface area contributed by atoms with Crippen LogP contribution < -0.4 is 15.4 Å².